The van der Waals surface area contributed by atoms with Crippen LogP contribution in [0.25, 0.3) is 0 Å². The van der Waals surface area contributed by atoms with Crippen molar-refractivity contribution in [3.63, 3.8) is 0 Å². The van der Waals surface area contributed by atoms with Crippen LogP contribution in [0.15, 0.2) is 0 Å². The molecule has 84 valence electrons. The van der Waals surface area contributed by atoms with Gasteiger partial charge in [-0.25, -0.2) is 4.79 Å². The number of alkyl carbamates (subject to hydrolysis) is 1. The minimum Gasteiger partial charge on any atom is -0.453 e. The molecule has 0 saturated heterocycles. The number of ether oxygens (including phenoxy) is 1. The normalized spacial score (nSPS) is 15.0. The molecule has 0 rings (SSSR count). The van der Waals surface area contributed by atoms with Gasteiger partial charge in [0.2, 0.25) is 0 Å². The first-order valence-corrected chi connectivity index (χ1v) is 5.05. The molecule has 0 fully saturated rings. The van der Waals surface area contributed by atoms with Crippen molar-refractivity contribution in [2.45, 2.75) is 45.8 Å². The molecular weight excluding hydrogens is 182 g/mol. The van der Waals surface area contributed by atoms with E-state index in [1.807, 2.05) is 20.8 Å². The highest BCUT2D eigenvalue weighted by Gasteiger charge is 2.23. The summed E-state index contributed by atoms with van der Waals surface area (Å²) in [6.07, 6.45) is 0.595. The van der Waals surface area contributed by atoms with Crippen LogP contribution in [-0.2, 0) is 4.74 Å². The summed E-state index contributed by atoms with van der Waals surface area (Å²) in [7, 11) is 1.32. The summed E-state index contributed by atoms with van der Waals surface area (Å²) >= 11 is 0. The number of carbonyl (C=O) groups is 1. The molecule has 2 atom stereocenters. The SMILES string of the molecule is CCCC(O)C(NC(=O)OC)C(C)C. The Morgan fingerprint density at radius 2 is 2.07 bits per heavy atom. The van der Waals surface area contributed by atoms with Gasteiger partial charge in [0.15, 0.2) is 0 Å². The fourth-order valence-corrected chi connectivity index (χ4v) is 1.38. The van der Waals surface area contributed by atoms with Crippen LogP contribution >= 0.6 is 0 Å². The zero-order valence-corrected chi connectivity index (χ0v) is 9.41. The molecule has 0 radical (unpaired) electrons. The molecule has 2 unspecified atom stereocenters. The maximum atomic E-state index is 11.0. The Hall–Kier alpha value is -0.770. The van der Waals surface area contributed by atoms with Crippen LogP contribution in [0.3, 0.4) is 0 Å². The van der Waals surface area contributed by atoms with Crippen LogP contribution in [0, 0.1) is 5.92 Å². The van der Waals surface area contributed by atoms with Crippen LogP contribution in [-0.4, -0.2) is 30.5 Å². The number of aliphatic hydroxyl groups is 1. The molecule has 0 aliphatic carbocycles. The average Bonchev–Trinajstić information content (AvgIpc) is 2.13. The van der Waals surface area contributed by atoms with Crippen LogP contribution in [0.1, 0.15) is 33.6 Å². The summed E-state index contributed by atoms with van der Waals surface area (Å²) in [6.45, 7) is 5.91. The Labute approximate surface area is 85.6 Å². The summed E-state index contributed by atoms with van der Waals surface area (Å²) in [5, 5.41) is 12.4. The fraction of sp³-hybridized carbons (Fsp3) is 0.900. The van der Waals surface area contributed by atoms with E-state index in [2.05, 4.69) is 10.1 Å². The molecular formula is C10H21NO3. The molecule has 4 heteroatoms. The Balaban J connectivity index is 4.21. The minimum absolute atomic E-state index is 0.190. The highest BCUT2D eigenvalue weighted by Crippen LogP contribution is 2.11. The van der Waals surface area contributed by atoms with Crippen LogP contribution in [0.2, 0.25) is 0 Å². The molecule has 0 aromatic heterocycles. The molecule has 0 spiro atoms. The summed E-state index contributed by atoms with van der Waals surface area (Å²) in [5.74, 6) is 0.190. The number of hydrogen-bond donors (Lipinski definition) is 2. The van der Waals surface area contributed by atoms with Gasteiger partial charge in [-0.05, 0) is 12.3 Å². The monoisotopic (exact) mass is 203 g/mol. The van der Waals surface area contributed by atoms with Gasteiger partial charge in [-0.1, -0.05) is 27.2 Å². The van der Waals surface area contributed by atoms with Crippen molar-refractivity contribution in [2.75, 3.05) is 7.11 Å². The van der Waals surface area contributed by atoms with Crippen LogP contribution < -0.4 is 5.32 Å². The van der Waals surface area contributed by atoms with E-state index < -0.39 is 12.2 Å². The second-order valence-corrected chi connectivity index (χ2v) is 3.76. The van der Waals surface area contributed by atoms with E-state index in [-0.39, 0.29) is 12.0 Å². The lowest BCUT2D eigenvalue weighted by Gasteiger charge is -2.26. The van der Waals surface area contributed by atoms with Crippen molar-refractivity contribution in [3.8, 4) is 0 Å². The van der Waals surface area contributed by atoms with Gasteiger partial charge in [-0.2, -0.15) is 0 Å². The third-order valence-corrected chi connectivity index (χ3v) is 2.19. The average molecular weight is 203 g/mol. The minimum atomic E-state index is -0.501. The molecule has 4 nitrogen and oxygen atoms in total. The first-order chi connectivity index (χ1) is 6.52. The predicted molar refractivity (Wildman–Crippen MR) is 55.1 cm³/mol. The Morgan fingerprint density at radius 3 is 2.43 bits per heavy atom. The number of nitrogens with one attached hydrogen (secondary N) is 1. The van der Waals surface area contributed by atoms with Gasteiger partial charge < -0.3 is 15.2 Å². The van der Waals surface area contributed by atoms with E-state index in [9.17, 15) is 9.90 Å². The zero-order chi connectivity index (χ0) is 11.1. The van der Waals surface area contributed by atoms with Crippen molar-refractivity contribution in [1.29, 1.82) is 0 Å². The van der Waals surface area contributed by atoms with Crippen molar-refractivity contribution in [3.05, 3.63) is 0 Å². The van der Waals surface area contributed by atoms with E-state index in [1.165, 1.54) is 7.11 Å². The lowest BCUT2D eigenvalue weighted by Crippen LogP contribution is -2.46. The molecule has 0 saturated carbocycles. The Morgan fingerprint density at radius 1 is 1.50 bits per heavy atom. The summed E-state index contributed by atoms with van der Waals surface area (Å²) < 4.78 is 4.50. The molecule has 1 amide bonds. The molecule has 0 aromatic carbocycles. The number of hydrogen-bond acceptors (Lipinski definition) is 3. The number of methoxy groups -OCH3 is 1. The third kappa shape index (κ3) is 4.46. The number of amides is 1. The molecule has 0 heterocycles. The standard InChI is InChI=1S/C10H21NO3/c1-5-6-8(12)9(7(2)3)11-10(13)14-4/h7-9,12H,5-6H2,1-4H3,(H,11,13). The molecule has 0 aliphatic rings. The number of rotatable bonds is 5. The zero-order valence-electron chi connectivity index (χ0n) is 9.41. The van der Waals surface area contributed by atoms with E-state index in [0.717, 1.165) is 6.42 Å². The maximum absolute atomic E-state index is 11.0. The van der Waals surface area contributed by atoms with E-state index in [1.54, 1.807) is 0 Å². The van der Waals surface area contributed by atoms with Gasteiger partial charge >= 0.3 is 6.09 Å². The van der Waals surface area contributed by atoms with Crippen LogP contribution in [0.5, 0.6) is 0 Å². The predicted octanol–water partition coefficient (Wildman–Crippen LogP) is 1.53. The Kier molecular flexibility index (Phi) is 6.28. The van der Waals surface area contributed by atoms with Crippen molar-refractivity contribution >= 4 is 6.09 Å². The van der Waals surface area contributed by atoms with E-state index >= 15 is 0 Å². The maximum Gasteiger partial charge on any atom is 0.407 e. The molecule has 14 heavy (non-hydrogen) atoms. The fourth-order valence-electron chi connectivity index (χ4n) is 1.38. The largest absolute Gasteiger partial charge is 0.453 e. The quantitative estimate of drug-likeness (QED) is 0.712. The highest BCUT2D eigenvalue weighted by molar-refractivity contribution is 5.67. The lowest BCUT2D eigenvalue weighted by atomic mass is 9.96. The third-order valence-electron chi connectivity index (χ3n) is 2.19. The van der Waals surface area contributed by atoms with E-state index in [0.29, 0.717) is 6.42 Å². The van der Waals surface area contributed by atoms with Gasteiger partial charge in [0, 0.05) is 0 Å². The van der Waals surface area contributed by atoms with Gasteiger partial charge in [0.25, 0.3) is 0 Å². The lowest BCUT2D eigenvalue weighted by molar-refractivity contribution is 0.0881. The second kappa shape index (κ2) is 6.65. The number of carbonyl (C=O) groups excluding carboxylic acids is 1. The summed E-state index contributed by atoms with van der Waals surface area (Å²) in [5.41, 5.74) is 0. The van der Waals surface area contributed by atoms with Crippen LogP contribution in [0.4, 0.5) is 4.79 Å². The van der Waals surface area contributed by atoms with Gasteiger partial charge in [-0.3, -0.25) is 0 Å². The summed E-state index contributed by atoms with van der Waals surface area (Å²) in [4.78, 5) is 11.0. The molecule has 0 aromatic rings. The van der Waals surface area contributed by atoms with Crippen molar-refractivity contribution < 1.29 is 14.6 Å². The van der Waals surface area contributed by atoms with Crippen molar-refractivity contribution in [1.82, 2.24) is 5.32 Å². The molecule has 0 aliphatic heterocycles. The number of aliphatic hydroxyl groups excluding tert-OH is 1. The van der Waals surface area contributed by atoms with Gasteiger partial charge in [-0.15, -0.1) is 0 Å². The van der Waals surface area contributed by atoms with Gasteiger partial charge in [0.1, 0.15) is 0 Å². The molecule has 2 N–H and O–H groups in total. The summed E-state index contributed by atoms with van der Waals surface area (Å²) in [6, 6.07) is -0.234. The Bertz CT molecular complexity index is 171. The second-order valence-electron chi connectivity index (χ2n) is 3.76. The first kappa shape index (κ1) is 13.2. The first-order valence-electron chi connectivity index (χ1n) is 5.05. The van der Waals surface area contributed by atoms with Gasteiger partial charge in [0.05, 0.1) is 19.3 Å². The smallest absolute Gasteiger partial charge is 0.407 e. The van der Waals surface area contributed by atoms with E-state index in [4.69, 9.17) is 0 Å². The molecule has 0 bridgehead atoms. The highest BCUT2D eigenvalue weighted by atomic mass is 16.5. The topological polar surface area (TPSA) is 58.6 Å². The van der Waals surface area contributed by atoms with Crippen molar-refractivity contribution in [2.24, 2.45) is 5.92 Å².